The zero-order chi connectivity index (χ0) is 32.4. The zero-order valence-corrected chi connectivity index (χ0v) is 24.6. The van der Waals surface area contributed by atoms with Gasteiger partial charge < -0.3 is 31.5 Å². The molecule has 1 fully saturated rings. The fourth-order valence-electron chi connectivity index (χ4n) is 4.25. The van der Waals surface area contributed by atoms with E-state index in [-0.39, 0.29) is 23.0 Å². The molecule has 1 aliphatic carbocycles. The number of rotatable bonds is 6. The zero-order valence-electron chi connectivity index (χ0n) is 23.0. The van der Waals surface area contributed by atoms with E-state index in [1.165, 1.54) is 44.2 Å². The van der Waals surface area contributed by atoms with Crippen LogP contribution in [0.25, 0.3) is 0 Å². The van der Waals surface area contributed by atoms with Gasteiger partial charge in [-0.05, 0) is 60.9 Å². The first-order valence-corrected chi connectivity index (χ1v) is 14.2. The summed E-state index contributed by atoms with van der Waals surface area (Å²) in [5.74, 6) is -5.78. The van der Waals surface area contributed by atoms with E-state index in [2.05, 4.69) is 21.3 Å². The maximum Gasteiger partial charge on any atom is 0.416 e. The van der Waals surface area contributed by atoms with E-state index in [0.717, 1.165) is 42.9 Å². The molecular weight excluding hydrogens is 633 g/mol. The second kappa shape index (κ2) is 15.7. The van der Waals surface area contributed by atoms with Gasteiger partial charge in [0.2, 0.25) is 0 Å². The fourth-order valence-corrected chi connectivity index (χ4v) is 4.64. The molecule has 15 heteroatoms. The highest BCUT2D eigenvalue weighted by molar-refractivity contribution is 7.80. The number of phenols is 2. The maximum absolute atomic E-state index is 13.2. The first kappa shape index (κ1) is 34.6. The molecule has 0 radical (unpaired) electrons. The second-order valence-corrected chi connectivity index (χ2v) is 10.7. The summed E-state index contributed by atoms with van der Waals surface area (Å²) in [5, 5.41) is 29.3. The number of nitrogens with one attached hydrogen (secondary N) is 4. The van der Waals surface area contributed by atoms with Crippen molar-refractivity contribution in [3.05, 3.63) is 82.9 Å². The Morgan fingerprint density at radius 3 is 1.57 bits per heavy atom. The molecule has 4 rings (SSSR count). The normalized spacial score (nSPS) is 13.3. The van der Waals surface area contributed by atoms with E-state index in [9.17, 15) is 30.7 Å². The van der Waals surface area contributed by atoms with Gasteiger partial charge >= 0.3 is 6.18 Å². The van der Waals surface area contributed by atoms with Crippen molar-refractivity contribution in [1.29, 1.82) is 0 Å². The minimum atomic E-state index is -4.41. The molecule has 0 heterocycles. The molecule has 238 valence electrons. The number of anilines is 2. The molecule has 6 nitrogen and oxygen atoms in total. The third-order valence-electron chi connectivity index (χ3n) is 6.56. The van der Waals surface area contributed by atoms with Crippen LogP contribution in [0.3, 0.4) is 0 Å². The molecule has 0 aromatic heterocycles. The Morgan fingerprint density at radius 1 is 0.705 bits per heavy atom. The van der Waals surface area contributed by atoms with E-state index in [4.69, 9.17) is 34.6 Å². The largest absolute Gasteiger partial charge is 0.503 e. The van der Waals surface area contributed by atoms with Gasteiger partial charge in [0.25, 0.3) is 0 Å². The summed E-state index contributed by atoms with van der Waals surface area (Å²) in [5.41, 5.74) is -0.0659. The van der Waals surface area contributed by atoms with Gasteiger partial charge in [0.05, 0.1) is 5.56 Å². The summed E-state index contributed by atoms with van der Waals surface area (Å²) in [6.07, 6.45) is 1.78. The van der Waals surface area contributed by atoms with E-state index >= 15 is 0 Å². The van der Waals surface area contributed by atoms with Gasteiger partial charge in [-0.1, -0.05) is 31.4 Å². The maximum atomic E-state index is 13.2. The van der Waals surface area contributed by atoms with Crippen molar-refractivity contribution in [2.45, 2.75) is 44.8 Å². The highest BCUT2D eigenvalue weighted by atomic mass is 32.1. The Morgan fingerprint density at radius 2 is 1.14 bits per heavy atom. The van der Waals surface area contributed by atoms with Crippen molar-refractivity contribution in [2.75, 3.05) is 17.2 Å². The monoisotopic (exact) mass is 662 g/mol. The van der Waals surface area contributed by atoms with Crippen LogP contribution in [0.4, 0.5) is 42.1 Å². The summed E-state index contributed by atoms with van der Waals surface area (Å²) >= 11 is 10.0. The third kappa shape index (κ3) is 10.7. The van der Waals surface area contributed by atoms with Crippen LogP contribution in [-0.2, 0) is 12.7 Å². The van der Waals surface area contributed by atoms with Crippen LogP contribution in [0.2, 0.25) is 0 Å². The van der Waals surface area contributed by atoms with Crippen LogP contribution in [-0.4, -0.2) is 27.0 Å². The molecule has 1 aliphatic rings. The van der Waals surface area contributed by atoms with E-state index < -0.39 is 46.5 Å². The molecule has 44 heavy (non-hydrogen) atoms. The van der Waals surface area contributed by atoms with Crippen LogP contribution in [0.1, 0.15) is 43.2 Å². The Balaban J connectivity index is 0.000000244. The SMILES string of the molecule is Oc1c(F)cc(NC(=S)NCC2CCCCC2)cc1F.Oc1c(F)cc(NC(=S)NCc2ccc(C(F)(F)F)cc2)cc1F. The molecule has 3 aromatic rings. The van der Waals surface area contributed by atoms with E-state index in [1.54, 1.807) is 0 Å². The van der Waals surface area contributed by atoms with Crippen molar-refractivity contribution in [1.82, 2.24) is 10.6 Å². The number of aromatic hydroxyl groups is 2. The number of benzene rings is 3. The lowest BCUT2D eigenvalue weighted by atomic mass is 9.89. The van der Waals surface area contributed by atoms with Gasteiger partial charge in [-0.2, -0.15) is 13.2 Å². The lowest BCUT2D eigenvalue weighted by Gasteiger charge is -2.22. The Kier molecular flexibility index (Phi) is 12.4. The lowest BCUT2D eigenvalue weighted by Crippen LogP contribution is -2.33. The topological polar surface area (TPSA) is 88.6 Å². The van der Waals surface area contributed by atoms with Crippen molar-refractivity contribution in [3.8, 4) is 11.5 Å². The summed E-state index contributed by atoms with van der Waals surface area (Å²) < 4.78 is 90.1. The average Bonchev–Trinajstić information content (AvgIpc) is 2.97. The van der Waals surface area contributed by atoms with Crippen molar-refractivity contribution >= 4 is 46.0 Å². The van der Waals surface area contributed by atoms with Crippen molar-refractivity contribution in [3.63, 3.8) is 0 Å². The highest BCUT2D eigenvalue weighted by Crippen LogP contribution is 2.29. The van der Waals surface area contributed by atoms with Gasteiger partial charge in [0, 0.05) is 48.7 Å². The standard InChI is InChI=1S/C15H11F5N2OS.C14H18F2N2OS/c16-11-5-10(6-12(17)13(11)23)22-14(24)21-7-8-1-3-9(4-2-8)15(18,19)20;15-11-6-10(7-12(16)13(11)19)18-14(20)17-8-9-4-2-1-3-5-9/h1-6,23H,7H2,(H2,21,22,24);6-7,9,19H,1-5,8H2,(H2,17,18,20). The molecule has 0 unspecified atom stereocenters. The van der Waals surface area contributed by atoms with Crippen LogP contribution < -0.4 is 21.3 Å². The van der Waals surface area contributed by atoms with Gasteiger partial charge in [0.1, 0.15) is 0 Å². The molecule has 0 saturated heterocycles. The molecule has 0 aliphatic heterocycles. The first-order chi connectivity index (χ1) is 20.7. The Bertz CT molecular complexity index is 1400. The fraction of sp³-hybridized carbons (Fsp3) is 0.310. The van der Waals surface area contributed by atoms with Crippen LogP contribution in [0.15, 0.2) is 48.5 Å². The predicted molar refractivity (Wildman–Crippen MR) is 161 cm³/mol. The molecule has 0 amide bonds. The molecule has 3 aromatic carbocycles. The molecule has 0 spiro atoms. The molecular formula is C29H29F7N4O2S2. The third-order valence-corrected chi connectivity index (χ3v) is 7.05. The summed E-state index contributed by atoms with van der Waals surface area (Å²) in [6, 6.07) is 8.18. The summed E-state index contributed by atoms with van der Waals surface area (Å²) in [4.78, 5) is 0. The number of phenolic OH excluding ortho intramolecular Hbond substituents is 2. The smallest absolute Gasteiger partial charge is 0.416 e. The van der Waals surface area contributed by atoms with Crippen LogP contribution in [0, 0.1) is 29.2 Å². The Hall–Kier alpha value is -3.85. The average molecular weight is 663 g/mol. The van der Waals surface area contributed by atoms with Gasteiger partial charge in [-0.25, -0.2) is 17.6 Å². The van der Waals surface area contributed by atoms with E-state index in [1.807, 2.05) is 0 Å². The Labute approximate surface area is 259 Å². The predicted octanol–water partition coefficient (Wildman–Crippen LogP) is 7.71. The highest BCUT2D eigenvalue weighted by Gasteiger charge is 2.29. The minimum Gasteiger partial charge on any atom is -0.503 e. The molecule has 1 saturated carbocycles. The van der Waals surface area contributed by atoms with Gasteiger partial charge in [-0.3, -0.25) is 0 Å². The second-order valence-electron chi connectivity index (χ2n) is 9.92. The lowest BCUT2D eigenvalue weighted by molar-refractivity contribution is -0.137. The number of hydrogen-bond donors (Lipinski definition) is 6. The summed E-state index contributed by atoms with van der Waals surface area (Å²) in [7, 11) is 0. The molecule has 6 N–H and O–H groups in total. The van der Waals surface area contributed by atoms with Crippen molar-refractivity contribution in [2.24, 2.45) is 5.92 Å². The quantitative estimate of drug-likeness (QED) is 0.0910. The molecule has 0 atom stereocenters. The van der Waals surface area contributed by atoms with Gasteiger partial charge in [-0.15, -0.1) is 0 Å². The first-order valence-electron chi connectivity index (χ1n) is 13.3. The van der Waals surface area contributed by atoms with Crippen molar-refractivity contribution < 1.29 is 40.9 Å². The summed E-state index contributed by atoms with van der Waals surface area (Å²) in [6.45, 7) is 0.891. The van der Waals surface area contributed by atoms with Crippen LogP contribution >= 0.6 is 24.4 Å². The number of thiocarbonyl (C=S) groups is 2. The minimum absolute atomic E-state index is 0.0133. The molecule has 0 bridgehead atoms. The van der Waals surface area contributed by atoms with Gasteiger partial charge in [0.15, 0.2) is 45.0 Å². The number of alkyl halides is 3. The number of hydrogen-bond acceptors (Lipinski definition) is 4. The number of halogens is 7. The van der Waals surface area contributed by atoms with E-state index in [0.29, 0.717) is 16.6 Å². The van der Waals surface area contributed by atoms with Crippen LogP contribution in [0.5, 0.6) is 11.5 Å².